The first-order valence-corrected chi connectivity index (χ1v) is 4.77. The van der Waals surface area contributed by atoms with Crippen LogP contribution in [-0.4, -0.2) is 12.2 Å². The molecule has 4 nitrogen and oxygen atoms in total. The van der Waals surface area contributed by atoms with Crippen molar-refractivity contribution in [2.75, 3.05) is 7.11 Å². The molecule has 78 valence electrons. The van der Waals surface area contributed by atoms with Crippen LogP contribution in [0.25, 0.3) is 0 Å². The number of hydrogen-bond acceptors (Lipinski definition) is 4. The van der Waals surface area contributed by atoms with Gasteiger partial charge in [-0.2, -0.15) is 0 Å². The van der Waals surface area contributed by atoms with E-state index in [-0.39, 0.29) is 12.4 Å². The van der Waals surface area contributed by atoms with Crippen molar-refractivity contribution in [2.45, 2.75) is 13.5 Å². The second kappa shape index (κ2) is 4.63. The summed E-state index contributed by atoms with van der Waals surface area (Å²) >= 11 is 3.32. The average Bonchev–Trinajstić information content (AvgIpc) is 2.14. The van der Waals surface area contributed by atoms with E-state index in [1.54, 1.807) is 6.07 Å². The fourth-order valence-electron chi connectivity index (χ4n) is 1.25. The summed E-state index contributed by atoms with van der Waals surface area (Å²) in [6.45, 7) is 2.09. The zero-order valence-electron chi connectivity index (χ0n) is 8.00. The van der Waals surface area contributed by atoms with E-state index in [2.05, 4.69) is 20.8 Å². The molecule has 1 rings (SSSR count). The summed E-state index contributed by atoms with van der Waals surface area (Å²) < 4.78 is 5.85. The van der Waals surface area contributed by atoms with Gasteiger partial charge >= 0.3 is 0 Å². The standard InChI is InChI=1S/C9H12BrNO3/c1-5-6(4-14-11)9(13-2)8(12)3-7(5)10/h3,12H,4,11H2,1-2H3. The molecule has 0 unspecified atom stereocenters. The minimum absolute atomic E-state index is 0.0667. The normalized spacial score (nSPS) is 10.3. The predicted octanol–water partition coefficient (Wildman–Crippen LogP) is 1.86. The molecule has 0 aliphatic rings. The Labute approximate surface area is 90.7 Å². The third-order valence-electron chi connectivity index (χ3n) is 2.01. The predicted molar refractivity (Wildman–Crippen MR) is 56.1 cm³/mol. The maximum atomic E-state index is 9.57. The Morgan fingerprint density at radius 2 is 2.21 bits per heavy atom. The van der Waals surface area contributed by atoms with Gasteiger partial charge in [-0.25, -0.2) is 5.90 Å². The third kappa shape index (κ3) is 2.00. The number of benzene rings is 1. The fourth-order valence-corrected chi connectivity index (χ4v) is 1.70. The lowest BCUT2D eigenvalue weighted by molar-refractivity contribution is 0.121. The number of rotatable bonds is 3. The zero-order valence-corrected chi connectivity index (χ0v) is 9.59. The number of nitrogens with two attached hydrogens (primary N) is 1. The minimum Gasteiger partial charge on any atom is -0.504 e. The third-order valence-corrected chi connectivity index (χ3v) is 2.84. The Hall–Kier alpha value is -0.780. The number of halogens is 1. The van der Waals surface area contributed by atoms with Crippen molar-refractivity contribution in [2.24, 2.45) is 5.90 Å². The van der Waals surface area contributed by atoms with Crippen LogP contribution in [0.3, 0.4) is 0 Å². The van der Waals surface area contributed by atoms with Gasteiger partial charge in [0.1, 0.15) is 0 Å². The van der Waals surface area contributed by atoms with Gasteiger partial charge in [0, 0.05) is 10.0 Å². The molecule has 0 heterocycles. The first-order valence-electron chi connectivity index (χ1n) is 3.98. The Bertz CT molecular complexity index is 341. The molecule has 0 atom stereocenters. The van der Waals surface area contributed by atoms with Crippen molar-refractivity contribution in [3.63, 3.8) is 0 Å². The molecular weight excluding hydrogens is 250 g/mol. The summed E-state index contributed by atoms with van der Waals surface area (Å²) in [7, 11) is 1.49. The first-order chi connectivity index (χ1) is 6.61. The van der Waals surface area contributed by atoms with Crippen molar-refractivity contribution >= 4 is 15.9 Å². The molecule has 0 aliphatic heterocycles. The molecule has 0 radical (unpaired) electrons. The largest absolute Gasteiger partial charge is 0.504 e. The summed E-state index contributed by atoms with van der Waals surface area (Å²) in [5.41, 5.74) is 1.67. The summed E-state index contributed by atoms with van der Waals surface area (Å²) in [6.07, 6.45) is 0. The molecule has 0 fully saturated rings. The Balaban J connectivity index is 3.32. The molecule has 0 bridgehead atoms. The number of phenols is 1. The van der Waals surface area contributed by atoms with Crippen molar-refractivity contribution in [3.05, 3.63) is 21.7 Å². The van der Waals surface area contributed by atoms with Gasteiger partial charge in [-0.3, -0.25) is 4.84 Å². The van der Waals surface area contributed by atoms with Crippen LogP contribution in [0, 0.1) is 6.92 Å². The Morgan fingerprint density at radius 1 is 1.57 bits per heavy atom. The van der Waals surface area contributed by atoms with Crippen LogP contribution in [0.15, 0.2) is 10.5 Å². The highest BCUT2D eigenvalue weighted by Gasteiger charge is 2.14. The van der Waals surface area contributed by atoms with Crippen LogP contribution in [0.2, 0.25) is 0 Å². The lowest BCUT2D eigenvalue weighted by atomic mass is 10.1. The number of ether oxygens (including phenoxy) is 1. The van der Waals surface area contributed by atoms with Crippen molar-refractivity contribution in [3.8, 4) is 11.5 Å². The van der Waals surface area contributed by atoms with Gasteiger partial charge in [0.15, 0.2) is 11.5 Å². The maximum absolute atomic E-state index is 9.57. The topological polar surface area (TPSA) is 64.7 Å². The van der Waals surface area contributed by atoms with E-state index in [0.717, 1.165) is 15.6 Å². The smallest absolute Gasteiger partial charge is 0.166 e. The highest BCUT2D eigenvalue weighted by molar-refractivity contribution is 9.10. The van der Waals surface area contributed by atoms with Crippen molar-refractivity contribution in [1.82, 2.24) is 0 Å². The molecule has 0 spiro atoms. The molecular formula is C9H12BrNO3. The lowest BCUT2D eigenvalue weighted by Crippen LogP contribution is -2.03. The van der Waals surface area contributed by atoms with E-state index < -0.39 is 0 Å². The lowest BCUT2D eigenvalue weighted by Gasteiger charge is -2.13. The molecule has 0 saturated heterocycles. The Kier molecular flexibility index (Phi) is 3.74. The van der Waals surface area contributed by atoms with Gasteiger partial charge in [-0.1, -0.05) is 15.9 Å². The van der Waals surface area contributed by atoms with Crippen LogP contribution >= 0.6 is 15.9 Å². The molecule has 0 aliphatic carbocycles. The van der Waals surface area contributed by atoms with Crippen LogP contribution in [0.1, 0.15) is 11.1 Å². The van der Waals surface area contributed by atoms with Crippen LogP contribution < -0.4 is 10.6 Å². The molecule has 0 aromatic heterocycles. The highest BCUT2D eigenvalue weighted by Crippen LogP contribution is 2.37. The molecule has 1 aromatic rings. The summed E-state index contributed by atoms with van der Waals surface area (Å²) in [6, 6.07) is 1.58. The van der Waals surface area contributed by atoms with Gasteiger partial charge in [0.2, 0.25) is 0 Å². The Morgan fingerprint density at radius 3 is 2.71 bits per heavy atom. The average molecular weight is 262 g/mol. The van der Waals surface area contributed by atoms with Crippen LogP contribution in [0.4, 0.5) is 0 Å². The molecule has 3 N–H and O–H groups in total. The first kappa shape index (κ1) is 11.3. The molecule has 0 saturated carbocycles. The second-order valence-corrected chi connectivity index (χ2v) is 3.68. The van der Waals surface area contributed by atoms with Crippen LogP contribution in [-0.2, 0) is 11.4 Å². The van der Waals surface area contributed by atoms with E-state index >= 15 is 0 Å². The van der Waals surface area contributed by atoms with E-state index in [0.29, 0.717) is 5.75 Å². The SMILES string of the molecule is COc1c(O)cc(Br)c(C)c1CON. The summed E-state index contributed by atoms with van der Waals surface area (Å²) in [4.78, 5) is 4.55. The fraction of sp³-hybridized carbons (Fsp3) is 0.333. The number of aromatic hydroxyl groups is 1. The minimum atomic E-state index is 0.0667. The molecule has 0 amide bonds. The van der Waals surface area contributed by atoms with Gasteiger partial charge < -0.3 is 9.84 Å². The molecule has 5 heteroatoms. The van der Waals surface area contributed by atoms with Gasteiger partial charge in [-0.15, -0.1) is 0 Å². The van der Waals surface area contributed by atoms with E-state index in [1.165, 1.54) is 7.11 Å². The van der Waals surface area contributed by atoms with Gasteiger partial charge in [0.25, 0.3) is 0 Å². The summed E-state index contributed by atoms with van der Waals surface area (Å²) in [5.74, 6) is 5.47. The monoisotopic (exact) mass is 261 g/mol. The quantitative estimate of drug-likeness (QED) is 0.816. The highest BCUT2D eigenvalue weighted by atomic mass is 79.9. The zero-order chi connectivity index (χ0) is 10.7. The van der Waals surface area contributed by atoms with Gasteiger partial charge in [-0.05, 0) is 18.6 Å². The molecule has 14 heavy (non-hydrogen) atoms. The number of hydrogen-bond donors (Lipinski definition) is 2. The van der Waals surface area contributed by atoms with Crippen molar-refractivity contribution < 1.29 is 14.7 Å². The number of phenolic OH excluding ortho intramolecular Hbond substituents is 1. The molecule has 1 aromatic carbocycles. The van der Waals surface area contributed by atoms with E-state index in [4.69, 9.17) is 10.6 Å². The summed E-state index contributed by atoms with van der Waals surface area (Å²) in [5, 5.41) is 9.57. The van der Waals surface area contributed by atoms with E-state index in [9.17, 15) is 5.11 Å². The maximum Gasteiger partial charge on any atom is 0.166 e. The van der Waals surface area contributed by atoms with Gasteiger partial charge in [0.05, 0.1) is 13.7 Å². The van der Waals surface area contributed by atoms with Crippen molar-refractivity contribution in [1.29, 1.82) is 0 Å². The second-order valence-electron chi connectivity index (χ2n) is 2.83. The number of methoxy groups -OCH3 is 1. The van der Waals surface area contributed by atoms with E-state index in [1.807, 2.05) is 6.92 Å². The van der Waals surface area contributed by atoms with Crippen LogP contribution in [0.5, 0.6) is 11.5 Å².